The molecular formula is C16H14BrN3O. The number of benzene rings is 2. The van der Waals surface area contributed by atoms with Crippen LogP contribution in [-0.4, -0.2) is 12.5 Å². The highest BCUT2D eigenvalue weighted by atomic mass is 79.9. The average Bonchev–Trinajstić information content (AvgIpc) is 2.50. The third-order valence-corrected chi connectivity index (χ3v) is 3.68. The molecule has 106 valence electrons. The van der Waals surface area contributed by atoms with Crippen LogP contribution in [0.25, 0.3) is 0 Å². The maximum atomic E-state index is 12.4. The van der Waals surface area contributed by atoms with Crippen molar-refractivity contribution < 1.29 is 4.79 Å². The minimum absolute atomic E-state index is 0.190. The second-order valence-electron chi connectivity index (χ2n) is 4.46. The van der Waals surface area contributed by atoms with E-state index in [0.29, 0.717) is 34.3 Å². The molecule has 0 atom stereocenters. The van der Waals surface area contributed by atoms with Gasteiger partial charge in [0.1, 0.15) is 0 Å². The molecule has 0 radical (unpaired) electrons. The summed E-state index contributed by atoms with van der Waals surface area (Å²) < 4.78 is 0.672. The summed E-state index contributed by atoms with van der Waals surface area (Å²) in [5.41, 5.74) is 8.25. The lowest BCUT2D eigenvalue weighted by Gasteiger charge is -2.11. The van der Waals surface area contributed by atoms with Crippen molar-refractivity contribution in [2.24, 2.45) is 5.73 Å². The van der Waals surface area contributed by atoms with Gasteiger partial charge in [-0.05, 0) is 58.7 Å². The fourth-order valence-corrected chi connectivity index (χ4v) is 2.47. The first-order valence-corrected chi connectivity index (χ1v) is 7.24. The topological polar surface area (TPSA) is 78.9 Å². The van der Waals surface area contributed by atoms with Crippen molar-refractivity contribution in [1.82, 2.24) is 0 Å². The number of hydrogen-bond donors (Lipinski definition) is 2. The standard InChI is InChI=1S/C16H14BrN3O/c17-14-9-11(10-19)5-6-15(14)20-16(21)13-4-2-1-3-12(13)7-8-18/h1-6,9H,7-8,18H2,(H,20,21). The first-order valence-electron chi connectivity index (χ1n) is 6.44. The van der Waals surface area contributed by atoms with Crippen LogP contribution in [0.5, 0.6) is 0 Å². The molecule has 5 heteroatoms. The lowest BCUT2D eigenvalue weighted by atomic mass is 10.0. The van der Waals surface area contributed by atoms with Gasteiger partial charge in [0, 0.05) is 10.0 Å². The van der Waals surface area contributed by atoms with Gasteiger partial charge >= 0.3 is 0 Å². The zero-order chi connectivity index (χ0) is 15.2. The predicted molar refractivity (Wildman–Crippen MR) is 86.0 cm³/mol. The highest BCUT2D eigenvalue weighted by Gasteiger charge is 2.12. The molecule has 0 bridgehead atoms. The number of rotatable bonds is 4. The van der Waals surface area contributed by atoms with Crippen molar-refractivity contribution >= 4 is 27.5 Å². The SMILES string of the molecule is N#Cc1ccc(NC(=O)c2ccccc2CCN)c(Br)c1. The third-order valence-electron chi connectivity index (χ3n) is 3.02. The number of carbonyl (C=O) groups excluding carboxylic acids is 1. The van der Waals surface area contributed by atoms with Gasteiger partial charge in [0.2, 0.25) is 0 Å². The summed E-state index contributed by atoms with van der Waals surface area (Å²) in [6.07, 6.45) is 0.651. The van der Waals surface area contributed by atoms with Crippen molar-refractivity contribution in [3.8, 4) is 6.07 Å². The number of anilines is 1. The Morgan fingerprint density at radius 2 is 2.05 bits per heavy atom. The molecule has 0 saturated heterocycles. The van der Waals surface area contributed by atoms with E-state index in [1.165, 1.54) is 0 Å². The minimum atomic E-state index is -0.190. The predicted octanol–water partition coefficient (Wildman–Crippen LogP) is 3.07. The molecule has 21 heavy (non-hydrogen) atoms. The smallest absolute Gasteiger partial charge is 0.255 e. The van der Waals surface area contributed by atoms with Crippen LogP contribution in [0, 0.1) is 11.3 Å². The molecule has 0 aliphatic heterocycles. The third kappa shape index (κ3) is 3.69. The molecule has 2 aromatic rings. The van der Waals surface area contributed by atoms with Crippen LogP contribution in [0.2, 0.25) is 0 Å². The molecule has 4 nitrogen and oxygen atoms in total. The second kappa shape index (κ2) is 7.02. The van der Waals surface area contributed by atoms with Crippen LogP contribution in [0.15, 0.2) is 46.9 Å². The highest BCUT2D eigenvalue weighted by molar-refractivity contribution is 9.10. The molecule has 0 saturated carbocycles. The summed E-state index contributed by atoms with van der Waals surface area (Å²) in [4.78, 5) is 12.4. The van der Waals surface area contributed by atoms with Crippen molar-refractivity contribution in [3.63, 3.8) is 0 Å². The fourth-order valence-electron chi connectivity index (χ4n) is 1.99. The first kappa shape index (κ1) is 15.2. The molecule has 1 amide bonds. The van der Waals surface area contributed by atoms with E-state index < -0.39 is 0 Å². The number of nitriles is 1. The number of nitrogens with one attached hydrogen (secondary N) is 1. The van der Waals surface area contributed by atoms with Gasteiger partial charge in [-0.25, -0.2) is 0 Å². The van der Waals surface area contributed by atoms with Crippen LogP contribution in [0.1, 0.15) is 21.5 Å². The maximum absolute atomic E-state index is 12.4. The maximum Gasteiger partial charge on any atom is 0.255 e. The van der Waals surface area contributed by atoms with Crippen molar-refractivity contribution in [3.05, 3.63) is 63.6 Å². The van der Waals surface area contributed by atoms with Crippen molar-refractivity contribution in [1.29, 1.82) is 5.26 Å². The number of carbonyl (C=O) groups is 1. The molecule has 0 aliphatic rings. The summed E-state index contributed by atoms with van der Waals surface area (Å²) in [5.74, 6) is -0.190. The van der Waals surface area contributed by atoms with Crippen molar-refractivity contribution in [2.45, 2.75) is 6.42 Å². The minimum Gasteiger partial charge on any atom is -0.330 e. The van der Waals surface area contributed by atoms with Gasteiger partial charge in [-0.2, -0.15) is 5.26 Å². The van der Waals surface area contributed by atoms with Gasteiger partial charge in [-0.15, -0.1) is 0 Å². The van der Waals surface area contributed by atoms with E-state index >= 15 is 0 Å². The number of nitrogens with two attached hydrogens (primary N) is 1. The van der Waals surface area contributed by atoms with Gasteiger partial charge in [-0.1, -0.05) is 18.2 Å². The monoisotopic (exact) mass is 343 g/mol. The molecule has 0 unspecified atom stereocenters. The summed E-state index contributed by atoms with van der Waals surface area (Å²) in [6, 6.07) is 14.5. The van der Waals surface area contributed by atoms with Crippen LogP contribution >= 0.6 is 15.9 Å². The molecule has 3 N–H and O–H groups in total. The van der Waals surface area contributed by atoms with Gasteiger partial charge in [0.05, 0.1) is 17.3 Å². The average molecular weight is 344 g/mol. The van der Waals surface area contributed by atoms with Crippen LogP contribution < -0.4 is 11.1 Å². The van der Waals surface area contributed by atoms with E-state index in [2.05, 4.69) is 21.2 Å². The summed E-state index contributed by atoms with van der Waals surface area (Å²) >= 11 is 3.35. The molecule has 0 aromatic heterocycles. The first-order chi connectivity index (χ1) is 10.2. The number of nitrogens with zero attached hydrogens (tertiary/aromatic N) is 1. The highest BCUT2D eigenvalue weighted by Crippen LogP contribution is 2.24. The normalized spacial score (nSPS) is 9.95. The molecule has 0 aliphatic carbocycles. The summed E-state index contributed by atoms with van der Waals surface area (Å²) in [7, 11) is 0. The number of halogens is 1. The Hall–Kier alpha value is -2.16. The van der Waals surface area contributed by atoms with E-state index in [9.17, 15) is 4.79 Å². The molecule has 0 fully saturated rings. The number of hydrogen-bond acceptors (Lipinski definition) is 3. The zero-order valence-corrected chi connectivity index (χ0v) is 12.9. The van der Waals surface area contributed by atoms with E-state index in [1.807, 2.05) is 24.3 Å². The van der Waals surface area contributed by atoms with Gasteiger partial charge in [0.25, 0.3) is 5.91 Å². The van der Waals surface area contributed by atoms with Gasteiger partial charge < -0.3 is 11.1 Å². The molecule has 0 spiro atoms. The summed E-state index contributed by atoms with van der Waals surface area (Å²) in [5, 5.41) is 11.7. The summed E-state index contributed by atoms with van der Waals surface area (Å²) in [6.45, 7) is 0.491. The number of amides is 1. The Balaban J connectivity index is 2.24. The van der Waals surface area contributed by atoms with E-state index in [0.717, 1.165) is 5.56 Å². The zero-order valence-electron chi connectivity index (χ0n) is 11.3. The Labute approximate surface area is 131 Å². The fraction of sp³-hybridized carbons (Fsp3) is 0.125. The Morgan fingerprint density at radius 3 is 2.71 bits per heavy atom. The Morgan fingerprint density at radius 1 is 1.29 bits per heavy atom. The van der Waals surface area contributed by atoms with Crippen LogP contribution in [0.4, 0.5) is 5.69 Å². The van der Waals surface area contributed by atoms with Crippen LogP contribution in [0.3, 0.4) is 0 Å². The lowest BCUT2D eigenvalue weighted by Crippen LogP contribution is -2.16. The molecule has 2 rings (SSSR count). The van der Waals surface area contributed by atoms with Gasteiger partial charge in [0.15, 0.2) is 0 Å². The second-order valence-corrected chi connectivity index (χ2v) is 5.31. The molecular weight excluding hydrogens is 330 g/mol. The van der Waals surface area contributed by atoms with Crippen molar-refractivity contribution in [2.75, 3.05) is 11.9 Å². The molecule has 0 heterocycles. The quantitative estimate of drug-likeness (QED) is 0.895. The van der Waals surface area contributed by atoms with E-state index in [-0.39, 0.29) is 5.91 Å². The van der Waals surface area contributed by atoms with E-state index in [4.69, 9.17) is 11.0 Å². The largest absolute Gasteiger partial charge is 0.330 e. The Bertz CT molecular complexity index is 707. The molecule has 2 aromatic carbocycles. The van der Waals surface area contributed by atoms with Crippen LogP contribution in [-0.2, 0) is 6.42 Å². The van der Waals surface area contributed by atoms with Gasteiger partial charge in [-0.3, -0.25) is 4.79 Å². The lowest BCUT2D eigenvalue weighted by molar-refractivity contribution is 0.102. The Kier molecular flexibility index (Phi) is 5.09. The van der Waals surface area contributed by atoms with E-state index in [1.54, 1.807) is 24.3 Å².